The van der Waals surface area contributed by atoms with Gasteiger partial charge in [-0.1, -0.05) is 11.8 Å². The van der Waals surface area contributed by atoms with Crippen LogP contribution in [0.4, 0.5) is 5.95 Å². The minimum absolute atomic E-state index is 0.109. The summed E-state index contributed by atoms with van der Waals surface area (Å²) in [7, 11) is 0. The first-order valence-electron chi connectivity index (χ1n) is 5.43. The van der Waals surface area contributed by atoms with E-state index < -0.39 is 5.97 Å². The number of carboxylic acids is 1. The Morgan fingerprint density at radius 3 is 2.79 bits per heavy atom. The molecule has 0 fully saturated rings. The molecule has 9 heteroatoms. The summed E-state index contributed by atoms with van der Waals surface area (Å²) in [6.45, 7) is 3.94. The van der Waals surface area contributed by atoms with Crippen molar-refractivity contribution < 1.29 is 14.3 Å². The minimum Gasteiger partial charge on any atom is -0.481 e. The molecule has 0 radical (unpaired) electrons. The molecule has 0 saturated carbocycles. The van der Waals surface area contributed by atoms with E-state index in [9.17, 15) is 4.79 Å². The molecular weight excluding hydrogens is 270 g/mol. The summed E-state index contributed by atoms with van der Waals surface area (Å²) >= 11 is 1.05. The summed E-state index contributed by atoms with van der Waals surface area (Å²) < 4.78 is 7.02. The Bertz CT molecular complexity index is 587. The number of aliphatic carboxylic acids is 1. The molecule has 102 valence electrons. The lowest BCUT2D eigenvalue weighted by Crippen LogP contribution is -2.07. The van der Waals surface area contributed by atoms with Crippen molar-refractivity contribution in [3.63, 3.8) is 0 Å². The van der Waals surface area contributed by atoms with Crippen LogP contribution in [0.3, 0.4) is 0 Å². The number of anilines is 1. The van der Waals surface area contributed by atoms with Crippen LogP contribution in [0.5, 0.6) is 0 Å². The molecule has 2 aromatic rings. The number of oxazole rings is 1. The molecule has 19 heavy (non-hydrogen) atoms. The van der Waals surface area contributed by atoms with Gasteiger partial charge in [0, 0.05) is 0 Å². The summed E-state index contributed by atoms with van der Waals surface area (Å²) in [6.07, 6.45) is 0. The van der Waals surface area contributed by atoms with Gasteiger partial charge in [0.1, 0.15) is 12.3 Å². The van der Waals surface area contributed by atoms with E-state index in [1.807, 2.05) is 13.8 Å². The highest BCUT2D eigenvalue weighted by molar-refractivity contribution is 7.99. The second kappa shape index (κ2) is 5.31. The van der Waals surface area contributed by atoms with Crippen LogP contribution in [-0.2, 0) is 11.3 Å². The second-order valence-corrected chi connectivity index (χ2v) is 4.80. The molecule has 2 rings (SSSR count). The maximum Gasteiger partial charge on any atom is 0.313 e. The molecule has 0 aliphatic heterocycles. The lowest BCUT2D eigenvalue weighted by atomic mass is 10.4. The molecule has 0 atom stereocenters. The molecule has 3 N–H and O–H groups in total. The Kier molecular flexibility index (Phi) is 3.74. The standard InChI is InChI=1S/C10H13N5O3S/c1-5-6(2)18-7(12-5)3-15-9(11)13-14-10(15)19-4-8(16)17/h3-4H2,1-2H3,(H2,11,13)(H,16,17). The summed E-state index contributed by atoms with van der Waals surface area (Å²) in [5.41, 5.74) is 6.51. The number of nitrogen functional groups attached to an aromatic ring is 1. The highest BCUT2D eigenvalue weighted by Gasteiger charge is 2.15. The lowest BCUT2D eigenvalue weighted by Gasteiger charge is -2.03. The van der Waals surface area contributed by atoms with Crippen LogP contribution < -0.4 is 5.73 Å². The normalized spacial score (nSPS) is 10.8. The van der Waals surface area contributed by atoms with Gasteiger partial charge in [0.2, 0.25) is 11.8 Å². The fourth-order valence-corrected chi connectivity index (χ4v) is 2.09. The molecule has 2 aromatic heterocycles. The number of carboxylic acid groups (broad SMARTS) is 1. The van der Waals surface area contributed by atoms with Gasteiger partial charge in [-0.15, -0.1) is 10.2 Å². The van der Waals surface area contributed by atoms with E-state index in [2.05, 4.69) is 15.2 Å². The third kappa shape index (κ3) is 3.05. The maximum atomic E-state index is 10.6. The van der Waals surface area contributed by atoms with E-state index in [0.717, 1.165) is 23.2 Å². The Morgan fingerprint density at radius 1 is 1.47 bits per heavy atom. The van der Waals surface area contributed by atoms with Gasteiger partial charge in [-0.2, -0.15) is 0 Å². The van der Waals surface area contributed by atoms with Crippen molar-refractivity contribution >= 4 is 23.7 Å². The van der Waals surface area contributed by atoms with Crippen molar-refractivity contribution in [2.75, 3.05) is 11.5 Å². The number of nitrogens with two attached hydrogens (primary N) is 1. The quantitative estimate of drug-likeness (QED) is 0.769. The van der Waals surface area contributed by atoms with Gasteiger partial charge in [-0.3, -0.25) is 9.36 Å². The Labute approximate surface area is 113 Å². The van der Waals surface area contributed by atoms with Gasteiger partial charge in [-0.25, -0.2) is 4.98 Å². The molecule has 0 amide bonds. The van der Waals surface area contributed by atoms with Crippen LogP contribution in [0.1, 0.15) is 17.3 Å². The minimum atomic E-state index is -0.930. The SMILES string of the molecule is Cc1nc(Cn2c(N)nnc2SCC(=O)O)oc1C. The maximum absolute atomic E-state index is 10.6. The van der Waals surface area contributed by atoms with Crippen molar-refractivity contribution in [3.05, 3.63) is 17.3 Å². The van der Waals surface area contributed by atoms with Gasteiger partial charge in [0.15, 0.2) is 5.16 Å². The van der Waals surface area contributed by atoms with Crippen LogP contribution in [0, 0.1) is 13.8 Å². The summed E-state index contributed by atoms with van der Waals surface area (Å²) in [5.74, 6) is 0.379. The predicted octanol–water partition coefficient (Wildman–Crippen LogP) is 0.690. The van der Waals surface area contributed by atoms with Crippen LogP contribution in [0.15, 0.2) is 9.57 Å². The molecule has 0 aliphatic carbocycles. The number of thioether (sulfide) groups is 1. The topological polar surface area (TPSA) is 120 Å². The Balaban J connectivity index is 2.19. The molecule has 0 unspecified atom stereocenters. The Morgan fingerprint density at radius 2 is 2.21 bits per heavy atom. The number of rotatable bonds is 5. The smallest absolute Gasteiger partial charge is 0.313 e. The van der Waals surface area contributed by atoms with Crippen LogP contribution >= 0.6 is 11.8 Å². The van der Waals surface area contributed by atoms with E-state index in [0.29, 0.717) is 11.0 Å². The zero-order valence-corrected chi connectivity index (χ0v) is 11.3. The molecule has 2 heterocycles. The van der Waals surface area contributed by atoms with Crippen molar-refractivity contribution in [2.24, 2.45) is 0 Å². The molecule has 8 nitrogen and oxygen atoms in total. The number of hydrogen-bond acceptors (Lipinski definition) is 7. The third-order valence-corrected chi connectivity index (χ3v) is 3.39. The largest absolute Gasteiger partial charge is 0.481 e. The molecule has 0 aromatic carbocycles. The number of aryl methyl sites for hydroxylation is 2. The summed E-state index contributed by atoms with van der Waals surface area (Å²) in [4.78, 5) is 14.8. The van der Waals surface area contributed by atoms with Crippen molar-refractivity contribution in [1.82, 2.24) is 19.7 Å². The fraction of sp³-hybridized carbons (Fsp3) is 0.400. The first-order chi connectivity index (χ1) is 8.97. The van der Waals surface area contributed by atoms with Crippen molar-refractivity contribution in [2.45, 2.75) is 25.5 Å². The number of nitrogens with zero attached hydrogens (tertiary/aromatic N) is 4. The zero-order chi connectivity index (χ0) is 14.0. The van der Waals surface area contributed by atoms with Crippen LogP contribution in [0.2, 0.25) is 0 Å². The molecule has 0 aliphatic rings. The van der Waals surface area contributed by atoms with E-state index in [-0.39, 0.29) is 18.2 Å². The fourth-order valence-electron chi connectivity index (χ4n) is 1.42. The third-order valence-electron chi connectivity index (χ3n) is 2.44. The Hall–Kier alpha value is -2.03. The van der Waals surface area contributed by atoms with E-state index >= 15 is 0 Å². The van der Waals surface area contributed by atoms with Gasteiger partial charge in [-0.05, 0) is 13.8 Å². The number of hydrogen-bond donors (Lipinski definition) is 2. The number of carbonyl (C=O) groups is 1. The van der Waals surface area contributed by atoms with E-state index in [4.69, 9.17) is 15.3 Å². The monoisotopic (exact) mass is 283 g/mol. The highest BCUT2D eigenvalue weighted by atomic mass is 32.2. The first kappa shape index (κ1) is 13.4. The van der Waals surface area contributed by atoms with Gasteiger partial charge >= 0.3 is 5.97 Å². The zero-order valence-electron chi connectivity index (χ0n) is 10.5. The average molecular weight is 283 g/mol. The van der Waals surface area contributed by atoms with E-state index in [1.54, 1.807) is 4.57 Å². The summed E-state index contributed by atoms with van der Waals surface area (Å²) in [5, 5.41) is 16.6. The van der Waals surface area contributed by atoms with Gasteiger partial charge in [0.25, 0.3) is 0 Å². The summed E-state index contributed by atoms with van der Waals surface area (Å²) in [6, 6.07) is 0. The van der Waals surface area contributed by atoms with Crippen molar-refractivity contribution in [3.8, 4) is 0 Å². The van der Waals surface area contributed by atoms with Gasteiger partial charge < -0.3 is 15.3 Å². The van der Waals surface area contributed by atoms with Crippen molar-refractivity contribution in [1.29, 1.82) is 0 Å². The first-order valence-corrected chi connectivity index (χ1v) is 6.42. The average Bonchev–Trinajstić information content (AvgIpc) is 2.83. The molecule has 0 saturated heterocycles. The number of aromatic nitrogens is 4. The predicted molar refractivity (Wildman–Crippen MR) is 67.9 cm³/mol. The van der Waals surface area contributed by atoms with E-state index in [1.165, 1.54) is 0 Å². The van der Waals surface area contributed by atoms with Crippen LogP contribution in [0.25, 0.3) is 0 Å². The molecular formula is C10H13N5O3S. The second-order valence-electron chi connectivity index (χ2n) is 3.86. The molecule has 0 spiro atoms. The van der Waals surface area contributed by atoms with Gasteiger partial charge in [0.05, 0.1) is 11.4 Å². The highest BCUT2D eigenvalue weighted by Crippen LogP contribution is 2.20. The molecule has 0 bridgehead atoms. The lowest BCUT2D eigenvalue weighted by molar-refractivity contribution is -0.133. The van der Waals surface area contributed by atoms with Crippen LogP contribution in [-0.4, -0.2) is 36.6 Å².